The standard InChI is InChI=1S/C18H19N3O2/c19-18(10-3-4-11-18)17-20-16(23-21-17)12-22-15-9-5-7-13-6-1-2-8-14(13)15/h1-2,5-9H,3-4,10-12,19H2. The van der Waals surface area contributed by atoms with Crippen LogP contribution in [0.3, 0.4) is 0 Å². The quantitative estimate of drug-likeness (QED) is 0.798. The van der Waals surface area contributed by atoms with Crippen molar-refractivity contribution in [3.8, 4) is 5.75 Å². The van der Waals surface area contributed by atoms with Gasteiger partial charge in [-0.1, -0.05) is 54.4 Å². The molecule has 0 amide bonds. The summed E-state index contributed by atoms with van der Waals surface area (Å²) in [4.78, 5) is 4.43. The summed E-state index contributed by atoms with van der Waals surface area (Å²) in [5.41, 5.74) is 5.92. The minimum Gasteiger partial charge on any atom is -0.483 e. The fourth-order valence-corrected chi connectivity index (χ4v) is 3.21. The van der Waals surface area contributed by atoms with Gasteiger partial charge < -0.3 is 15.0 Å². The lowest BCUT2D eigenvalue weighted by atomic mass is 9.99. The molecule has 0 spiro atoms. The normalized spacial score (nSPS) is 16.7. The predicted molar refractivity (Wildman–Crippen MR) is 86.9 cm³/mol. The van der Waals surface area contributed by atoms with Crippen molar-refractivity contribution in [2.45, 2.75) is 37.8 Å². The zero-order valence-corrected chi connectivity index (χ0v) is 12.9. The van der Waals surface area contributed by atoms with E-state index in [4.69, 9.17) is 15.0 Å². The molecule has 1 aliphatic carbocycles. The van der Waals surface area contributed by atoms with Gasteiger partial charge >= 0.3 is 0 Å². The Labute approximate surface area is 134 Å². The third-order valence-electron chi connectivity index (χ3n) is 4.51. The maximum Gasteiger partial charge on any atom is 0.264 e. The first-order valence-corrected chi connectivity index (χ1v) is 7.97. The molecule has 1 fully saturated rings. The minimum atomic E-state index is -0.429. The van der Waals surface area contributed by atoms with Crippen LogP contribution in [-0.4, -0.2) is 10.1 Å². The van der Waals surface area contributed by atoms with Crippen LogP contribution in [0.25, 0.3) is 10.8 Å². The zero-order valence-electron chi connectivity index (χ0n) is 12.9. The smallest absolute Gasteiger partial charge is 0.264 e. The third-order valence-corrected chi connectivity index (χ3v) is 4.51. The van der Waals surface area contributed by atoms with Crippen molar-refractivity contribution in [3.05, 3.63) is 54.2 Å². The second kappa shape index (κ2) is 5.66. The Hall–Kier alpha value is -2.40. The van der Waals surface area contributed by atoms with Crippen LogP contribution in [0.2, 0.25) is 0 Å². The van der Waals surface area contributed by atoms with Gasteiger partial charge in [0, 0.05) is 5.39 Å². The molecule has 4 rings (SSSR count). The molecule has 0 saturated heterocycles. The maximum absolute atomic E-state index is 6.35. The third kappa shape index (κ3) is 2.68. The highest BCUT2D eigenvalue weighted by Gasteiger charge is 2.35. The molecule has 0 atom stereocenters. The van der Waals surface area contributed by atoms with Crippen LogP contribution in [-0.2, 0) is 12.1 Å². The van der Waals surface area contributed by atoms with Crippen molar-refractivity contribution >= 4 is 10.8 Å². The molecule has 1 saturated carbocycles. The molecule has 0 bridgehead atoms. The zero-order chi connectivity index (χ0) is 15.7. The van der Waals surface area contributed by atoms with Gasteiger partial charge in [-0.3, -0.25) is 0 Å². The first-order valence-electron chi connectivity index (χ1n) is 7.97. The monoisotopic (exact) mass is 309 g/mol. The molecule has 5 nitrogen and oxygen atoms in total. The van der Waals surface area contributed by atoms with Crippen LogP contribution in [0.1, 0.15) is 37.4 Å². The fraction of sp³-hybridized carbons (Fsp3) is 0.333. The summed E-state index contributed by atoms with van der Waals surface area (Å²) in [6.45, 7) is 0.247. The molecule has 1 aromatic heterocycles. The molecule has 2 aromatic carbocycles. The predicted octanol–water partition coefficient (Wildman–Crippen LogP) is 3.53. The van der Waals surface area contributed by atoms with Crippen molar-refractivity contribution in [2.24, 2.45) is 5.73 Å². The number of ether oxygens (including phenoxy) is 1. The molecule has 0 unspecified atom stereocenters. The topological polar surface area (TPSA) is 74.2 Å². The SMILES string of the molecule is NC1(c2noc(COc3cccc4ccccc34)n2)CCCC1. The van der Waals surface area contributed by atoms with Crippen LogP contribution in [0.5, 0.6) is 5.75 Å². The Morgan fingerprint density at radius 1 is 1.09 bits per heavy atom. The molecular formula is C18H19N3O2. The van der Waals surface area contributed by atoms with Crippen LogP contribution < -0.4 is 10.5 Å². The number of nitrogens with two attached hydrogens (primary N) is 1. The second-order valence-electron chi connectivity index (χ2n) is 6.14. The number of aromatic nitrogens is 2. The summed E-state index contributed by atoms with van der Waals surface area (Å²) in [6, 6.07) is 14.1. The molecule has 1 aliphatic rings. The van der Waals surface area contributed by atoms with E-state index >= 15 is 0 Å². The number of hydrogen-bond acceptors (Lipinski definition) is 5. The molecule has 2 N–H and O–H groups in total. The van der Waals surface area contributed by atoms with Gasteiger partial charge in [0.25, 0.3) is 5.89 Å². The van der Waals surface area contributed by atoms with Gasteiger partial charge in [0.05, 0.1) is 5.54 Å². The summed E-state index contributed by atoms with van der Waals surface area (Å²) < 4.78 is 11.2. The van der Waals surface area contributed by atoms with Gasteiger partial charge in [0.1, 0.15) is 5.75 Å². The molecule has 118 valence electrons. The van der Waals surface area contributed by atoms with Gasteiger partial charge in [0.2, 0.25) is 0 Å². The molecule has 1 heterocycles. The Morgan fingerprint density at radius 2 is 1.87 bits per heavy atom. The van der Waals surface area contributed by atoms with Crippen LogP contribution in [0.4, 0.5) is 0 Å². The average molecular weight is 309 g/mol. The molecule has 0 aliphatic heterocycles. The van der Waals surface area contributed by atoms with E-state index in [0.717, 1.165) is 42.2 Å². The van der Waals surface area contributed by atoms with Gasteiger partial charge in [-0.05, 0) is 24.3 Å². The molecule has 0 radical (unpaired) electrons. The summed E-state index contributed by atoms with van der Waals surface area (Å²) >= 11 is 0. The van der Waals surface area contributed by atoms with E-state index in [9.17, 15) is 0 Å². The summed E-state index contributed by atoms with van der Waals surface area (Å²) in [5, 5.41) is 6.27. The first-order chi connectivity index (χ1) is 11.2. The lowest BCUT2D eigenvalue weighted by Gasteiger charge is -2.17. The highest BCUT2D eigenvalue weighted by atomic mass is 16.5. The van der Waals surface area contributed by atoms with Gasteiger partial charge in [-0.2, -0.15) is 4.98 Å². The minimum absolute atomic E-state index is 0.247. The number of nitrogens with zero attached hydrogens (tertiary/aromatic N) is 2. The van der Waals surface area contributed by atoms with Crippen LogP contribution in [0.15, 0.2) is 47.0 Å². The van der Waals surface area contributed by atoms with Crippen molar-refractivity contribution in [1.29, 1.82) is 0 Å². The van der Waals surface area contributed by atoms with E-state index in [1.165, 1.54) is 0 Å². The van der Waals surface area contributed by atoms with Crippen molar-refractivity contribution < 1.29 is 9.26 Å². The molecule has 23 heavy (non-hydrogen) atoms. The van der Waals surface area contributed by atoms with Gasteiger partial charge in [0.15, 0.2) is 12.4 Å². The summed E-state index contributed by atoms with van der Waals surface area (Å²) in [6.07, 6.45) is 4.06. The fourth-order valence-electron chi connectivity index (χ4n) is 3.21. The van der Waals surface area contributed by atoms with Crippen molar-refractivity contribution in [2.75, 3.05) is 0 Å². The molecule has 5 heteroatoms. The maximum atomic E-state index is 6.35. The summed E-state index contributed by atoms with van der Waals surface area (Å²) in [7, 11) is 0. The summed E-state index contributed by atoms with van der Waals surface area (Å²) in [5.74, 6) is 1.88. The highest BCUT2D eigenvalue weighted by molar-refractivity contribution is 5.88. The molecular weight excluding hydrogens is 290 g/mol. The second-order valence-corrected chi connectivity index (χ2v) is 6.14. The highest BCUT2D eigenvalue weighted by Crippen LogP contribution is 2.34. The molecule has 3 aromatic rings. The van der Waals surface area contributed by atoms with Crippen LogP contribution in [0, 0.1) is 0 Å². The van der Waals surface area contributed by atoms with Crippen molar-refractivity contribution in [1.82, 2.24) is 10.1 Å². The Balaban J connectivity index is 1.52. The Morgan fingerprint density at radius 3 is 2.74 bits per heavy atom. The van der Waals surface area contributed by atoms with E-state index in [1.807, 2.05) is 30.3 Å². The van der Waals surface area contributed by atoms with Gasteiger partial charge in [-0.15, -0.1) is 0 Å². The first kappa shape index (κ1) is 14.2. The van der Waals surface area contributed by atoms with Gasteiger partial charge in [-0.25, -0.2) is 0 Å². The van der Waals surface area contributed by atoms with E-state index in [-0.39, 0.29) is 6.61 Å². The van der Waals surface area contributed by atoms with E-state index in [0.29, 0.717) is 11.7 Å². The van der Waals surface area contributed by atoms with E-state index in [2.05, 4.69) is 22.3 Å². The number of benzene rings is 2. The lowest BCUT2D eigenvalue weighted by molar-refractivity contribution is 0.243. The van der Waals surface area contributed by atoms with E-state index < -0.39 is 5.54 Å². The lowest BCUT2D eigenvalue weighted by Crippen LogP contribution is -2.34. The Bertz CT molecular complexity index is 817. The number of fused-ring (bicyclic) bond motifs is 1. The Kier molecular flexibility index (Phi) is 3.50. The average Bonchev–Trinajstić information content (AvgIpc) is 3.23. The number of hydrogen-bond donors (Lipinski definition) is 1. The number of rotatable bonds is 4. The van der Waals surface area contributed by atoms with E-state index in [1.54, 1.807) is 0 Å². The van der Waals surface area contributed by atoms with Crippen molar-refractivity contribution in [3.63, 3.8) is 0 Å². The van der Waals surface area contributed by atoms with Crippen LogP contribution >= 0.6 is 0 Å². The largest absolute Gasteiger partial charge is 0.483 e.